The zero-order chi connectivity index (χ0) is 29.0. The van der Waals surface area contributed by atoms with E-state index in [9.17, 15) is 26.8 Å². The molecule has 0 spiro atoms. The smallest absolute Gasteiger partial charge is 0.275 e. The molecule has 0 saturated heterocycles. The van der Waals surface area contributed by atoms with Crippen LogP contribution in [-0.2, 0) is 25.8 Å². The first-order chi connectivity index (χ1) is 18.7. The summed E-state index contributed by atoms with van der Waals surface area (Å²) >= 11 is 0. The number of fused-ring (bicyclic) bond motifs is 5. The number of rotatable bonds is 9. The van der Waals surface area contributed by atoms with Crippen molar-refractivity contribution in [1.82, 2.24) is 20.1 Å². The lowest BCUT2D eigenvalue weighted by atomic mass is 9.68. The van der Waals surface area contributed by atoms with Crippen LogP contribution in [0.2, 0.25) is 0 Å². The topological polar surface area (TPSA) is 149 Å². The first-order valence-corrected chi connectivity index (χ1v) is 14.8. The van der Waals surface area contributed by atoms with Gasteiger partial charge in [0.05, 0.1) is 17.0 Å². The van der Waals surface area contributed by atoms with Crippen LogP contribution in [0.1, 0.15) is 66.7 Å². The summed E-state index contributed by atoms with van der Waals surface area (Å²) in [5, 5.41) is 8.68. The summed E-state index contributed by atoms with van der Waals surface area (Å²) in [5.41, 5.74) is 5.51. The number of amides is 2. The fourth-order valence-electron chi connectivity index (χ4n) is 6.33. The molecule has 2 atom stereocenters. The van der Waals surface area contributed by atoms with Gasteiger partial charge in [-0.25, -0.2) is 22.2 Å². The molecular formula is C27H29F2N5O5S. The molecule has 2 N–H and O–H groups in total. The normalized spacial score (nSPS) is 20.9. The van der Waals surface area contributed by atoms with E-state index in [1.807, 2.05) is 0 Å². The number of nitrogens with zero attached hydrogens (tertiary/aromatic N) is 4. The molecule has 2 amide bonds. The number of hydrogen-bond acceptors (Lipinski definition) is 8. The van der Waals surface area contributed by atoms with E-state index in [4.69, 9.17) is 10.2 Å². The molecule has 2 aliphatic rings. The minimum absolute atomic E-state index is 0.00640. The highest BCUT2D eigenvalue weighted by Gasteiger charge is 2.64. The second-order valence-electron chi connectivity index (χ2n) is 11.2. The third-order valence-electron chi connectivity index (χ3n) is 8.37. The van der Waals surface area contributed by atoms with E-state index in [0.717, 1.165) is 24.5 Å². The van der Waals surface area contributed by atoms with Gasteiger partial charge in [0, 0.05) is 31.2 Å². The van der Waals surface area contributed by atoms with Crippen molar-refractivity contribution in [3.05, 3.63) is 65.0 Å². The maximum Gasteiger partial charge on any atom is 0.275 e. The molecule has 10 nitrogen and oxygen atoms in total. The summed E-state index contributed by atoms with van der Waals surface area (Å²) in [6.07, 6.45) is 3.44. The number of primary amides is 1. The average molecular weight is 574 g/mol. The van der Waals surface area contributed by atoms with Gasteiger partial charge < -0.3 is 15.1 Å². The lowest BCUT2D eigenvalue weighted by Crippen LogP contribution is -2.49. The van der Waals surface area contributed by atoms with E-state index in [2.05, 4.69) is 29.0 Å². The van der Waals surface area contributed by atoms with Crippen LogP contribution in [-0.4, -0.2) is 59.7 Å². The van der Waals surface area contributed by atoms with E-state index in [1.165, 1.54) is 23.1 Å². The lowest BCUT2D eigenvalue weighted by Gasteiger charge is -2.41. The Morgan fingerprint density at radius 3 is 2.55 bits per heavy atom. The van der Waals surface area contributed by atoms with E-state index in [1.54, 1.807) is 6.07 Å². The van der Waals surface area contributed by atoms with E-state index < -0.39 is 49.9 Å². The fraction of sp³-hybridized carbons (Fsp3) is 0.444. The molecule has 5 rings (SSSR count). The molecule has 0 aliphatic heterocycles. The highest BCUT2D eigenvalue weighted by molar-refractivity contribution is 7.89. The average Bonchev–Trinajstić information content (AvgIpc) is 3.47. The largest absolute Gasteiger partial charge is 0.447 e. The standard InChI is InChI=1S/C27H29F2N5O5S/c1-26(2)16-7-9-27(26,24-15(16)11-19(32-33-24)23-17(28)5-4-6-18(23)29)14-34(10-8-21(30)35)25(36)20-12-39-22(31-20)13-40(3,37)38/h4-6,11-12,16H,7-10,13-14H2,1-3H3,(H2,30,35)/t16-,27-/m0/s1. The molecule has 212 valence electrons. The molecule has 2 aromatic heterocycles. The van der Waals surface area contributed by atoms with Crippen LogP contribution in [0.15, 0.2) is 34.9 Å². The Morgan fingerprint density at radius 2 is 1.90 bits per heavy atom. The molecule has 2 bridgehead atoms. The van der Waals surface area contributed by atoms with Crippen molar-refractivity contribution in [2.24, 2.45) is 11.1 Å². The Balaban J connectivity index is 1.52. The van der Waals surface area contributed by atoms with E-state index >= 15 is 0 Å². The number of carbonyl (C=O) groups excluding carboxylic acids is 2. The number of aromatic nitrogens is 3. The van der Waals surface area contributed by atoms with Gasteiger partial charge in [-0.05, 0) is 47.9 Å². The molecule has 1 fully saturated rings. The Morgan fingerprint density at radius 1 is 1.20 bits per heavy atom. The van der Waals surface area contributed by atoms with Crippen molar-refractivity contribution in [2.45, 2.75) is 50.2 Å². The van der Waals surface area contributed by atoms with Crippen molar-refractivity contribution in [2.75, 3.05) is 19.3 Å². The Kier molecular flexibility index (Phi) is 6.76. The lowest BCUT2D eigenvalue weighted by molar-refractivity contribution is -0.118. The molecular weight excluding hydrogens is 544 g/mol. The van der Waals surface area contributed by atoms with Crippen molar-refractivity contribution < 1.29 is 31.2 Å². The third-order valence-corrected chi connectivity index (χ3v) is 9.14. The fourth-order valence-corrected chi connectivity index (χ4v) is 6.91. The molecule has 40 heavy (non-hydrogen) atoms. The predicted molar refractivity (Wildman–Crippen MR) is 140 cm³/mol. The number of carbonyl (C=O) groups is 2. The summed E-state index contributed by atoms with van der Waals surface area (Å²) in [4.78, 5) is 30.8. The number of sulfone groups is 1. The van der Waals surface area contributed by atoms with Gasteiger partial charge in [-0.15, -0.1) is 0 Å². The van der Waals surface area contributed by atoms with Crippen LogP contribution in [0.4, 0.5) is 8.78 Å². The summed E-state index contributed by atoms with van der Waals surface area (Å²) in [6, 6.07) is 5.30. The molecule has 0 radical (unpaired) electrons. The van der Waals surface area contributed by atoms with Gasteiger partial charge in [0.15, 0.2) is 15.5 Å². The summed E-state index contributed by atoms with van der Waals surface area (Å²) in [6.45, 7) is 4.26. The quantitative estimate of drug-likeness (QED) is 0.410. The highest BCUT2D eigenvalue weighted by atomic mass is 32.2. The van der Waals surface area contributed by atoms with Crippen molar-refractivity contribution >= 4 is 21.7 Å². The summed E-state index contributed by atoms with van der Waals surface area (Å²) in [7, 11) is -3.44. The molecule has 13 heteroatoms. The van der Waals surface area contributed by atoms with Crippen LogP contribution in [0.3, 0.4) is 0 Å². The SMILES string of the molecule is CC1(C)[C@H]2CC[C@]1(CN(CCC(N)=O)C(=O)c1coc(CS(C)(=O)=O)n1)c1nnc(-c3c(F)cccc3F)cc12. The summed E-state index contributed by atoms with van der Waals surface area (Å²) in [5.74, 6) is -3.22. The van der Waals surface area contributed by atoms with Crippen molar-refractivity contribution in [3.63, 3.8) is 0 Å². The number of hydrogen-bond donors (Lipinski definition) is 1. The van der Waals surface area contributed by atoms with Gasteiger partial charge in [-0.1, -0.05) is 19.9 Å². The van der Waals surface area contributed by atoms with Crippen LogP contribution >= 0.6 is 0 Å². The van der Waals surface area contributed by atoms with Crippen molar-refractivity contribution in [1.29, 1.82) is 0 Å². The first-order valence-electron chi connectivity index (χ1n) is 12.8. The minimum Gasteiger partial charge on any atom is -0.447 e. The Bertz CT molecular complexity index is 1600. The van der Waals surface area contributed by atoms with Gasteiger partial charge in [-0.2, -0.15) is 10.2 Å². The molecule has 2 aliphatic carbocycles. The second kappa shape index (κ2) is 9.72. The molecule has 0 unspecified atom stereocenters. The number of halogens is 2. The van der Waals surface area contributed by atoms with Crippen LogP contribution in [0.25, 0.3) is 11.3 Å². The first kappa shape index (κ1) is 27.8. The number of benzene rings is 1. The van der Waals surface area contributed by atoms with Gasteiger partial charge in [-0.3, -0.25) is 9.59 Å². The maximum absolute atomic E-state index is 14.5. The maximum atomic E-state index is 14.5. The molecule has 1 saturated carbocycles. The molecule has 2 heterocycles. The molecule has 3 aromatic rings. The van der Waals surface area contributed by atoms with E-state index in [-0.39, 0.29) is 48.3 Å². The highest BCUT2D eigenvalue weighted by Crippen LogP contribution is 2.67. The van der Waals surface area contributed by atoms with Crippen LogP contribution in [0.5, 0.6) is 0 Å². The van der Waals surface area contributed by atoms with Crippen LogP contribution < -0.4 is 5.73 Å². The number of nitrogens with two attached hydrogens (primary N) is 1. The second-order valence-corrected chi connectivity index (χ2v) is 13.3. The minimum atomic E-state index is -3.44. The monoisotopic (exact) mass is 573 g/mol. The van der Waals surface area contributed by atoms with Crippen LogP contribution in [0, 0.1) is 17.0 Å². The van der Waals surface area contributed by atoms with Crippen molar-refractivity contribution in [3.8, 4) is 11.3 Å². The van der Waals surface area contributed by atoms with Gasteiger partial charge in [0.25, 0.3) is 5.91 Å². The predicted octanol–water partition coefficient (Wildman–Crippen LogP) is 3.13. The Labute approximate surface area is 229 Å². The third kappa shape index (κ3) is 4.65. The van der Waals surface area contributed by atoms with Gasteiger partial charge in [0.1, 0.15) is 23.7 Å². The van der Waals surface area contributed by atoms with Gasteiger partial charge >= 0.3 is 0 Å². The Hall–Kier alpha value is -3.74. The van der Waals surface area contributed by atoms with E-state index in [0.29, 0.717) is 12.1 Å². The number of oxazole rings is 1. The van der Waals surface area contributed by atoms with Gasteiger partial charge in [0.2, 0.25) is 11.8 Å². The summed E-state index contributed by atoms with van der Waals surface area (Å²) < 4.78 is 57.6. The molecule has 1 aromatic carbocycles. The zero-order valence-corrected chi connectivity index (χ0v) is 23.1. The zero-order valence-electron chi connectivity index (χ0n) is 22.3.